The number of urea groups is 1. The molecule has 2 amide bonds. The topological polar surface area (TPSA) is 62.4 Å². The molecule has 2 aromatic carbocycles. The van der Waals surface area contributed by atoms with E-state index in [1.54, 1.807) is 0 Å². The molecule has 1 aliphatic rings. The molecule has 1 saturated heterocycles. The fraction of sp³-hybridized carbons (Fsp3) is 0.350. The Morgan fingerprint density at radius 3 is 2.59 bits per heavy atom. The van der Waals surface area contributed by atoms with Gasteiger partial charge in [-0.25, -0.2) is 4.79 Å². The number of rotatable bonds is 6. The Labute approximate surface area is 169 Å². The van der Waals surface area contributed by atoms with Gasteiger partial charge < -0.3 is 20.7 Å². The number of hydrogen-bond donors (Lipinski definition) is 3. The van der Waals surface area contributed by atoms with Crippen molar-refractivity contribution in [1.29, 1.82) is 0 Å². The molecular formula is C20H23Cl2N3O2. The lowest BCUT2D eigenvalue weighted by Crippen LogP contribution is -2.51. The molecular weight excluding hydrogens is 385 g/mol. The van der Waals surface area contributed by atoms with E-state index in [1.165, 1.54) is 0 Å². The van der Waals surface area contributed by atoms with Crippen LogP contribution < -0.4 is 16.0 Å². The van der Waals surface area contributed by atoms with Gasteiger partial charge in [0.1, 0.15) is 0 Å². The van der Waals surface area contributed by atoms with Crippen LogP contribution in [0.4, 0.5) is 4.79 Å². The summed E-state index contributed by atoms with van der Waals surface area (Å²) in [6, 6.07) is 15.5. The van der Waals surface area contributed by atoms with Gasteiger partial charge in [0, 0.05) is 25.7 Å². The molecule has 3 N–H and O–H groups in total. The van der Waals surface area contributed by atoms with E-state index in [4.69, 9.17) is 27.9 Å². The summed E-state index contributed by atoms with van der Waals surface area (Å²) in [5, 5.41) is 10.3. The molecule has 144 valence electrons. The smallest absolute Gasteiger partial charge is 0.315 e. The second-order valence-corrected chi connectivity index (χ2v) is 7.38. The van der Waals surface area contributed by atoms with Crippen molar-refractivity contribution in [1.82, 2.24) is 16.0 Å². The van der Waals surface area contributed by atoms with Crippen molar-refractivity contribution in [2.24, 2.45) is 0 Å². The predicted molar refractivity (Wildman–Crippen MR) is 108 cm³/mol. The van der Waals surface area contributed by atoms with Crippen molar-refractivity contribution < 1.29 is 9.53 Å². The van der Waals surface area contributed by atoms with Crippen LogP contribution in [0.5, 0.6) is 0 Å². The molecule has 27 heavy (non-hydrogen) atoms. The summed E-state index contributed by atoms with van der Waals surface area (Å²) < 4.78 is 5.87. The molecule has 2 atom stereocenters. The number of nitrogens with one attached hydrogen (secondary N) is 3. The van der Waals surface area contributed by atoms with E-state index < -0.39 is 0 Å². The summed E-state index contributed by atoms with van der Waals surface area (Å²) in [4.78, 5) is 11.9. The van der Waals surface area contributed by atoms with E-state index in [1.807, 2.05) is 48.5 Å². The number of hydrogen-bond acceptors (Lipinski definition) is 3. The summed E-state index contributed by atoms with van der Waals surface area (Å²) in [7, 11) is 0. The minimum atomic E-state index is -0.194. The minimum Gasteiger partial charge on any atom is -0.373 e. The zero-order valence-electron chi connectivity index (χ0n) is 14.9. The van der Waals surface area contributed by atoms with E-state index in [0.29, 0.717) is 36.3 Å². The molecule has 5 nitrogen and oxygen atoms in total. The number of amides is 2. The number of carbonyl (C=O) groups is 1. The number of morpholine rings is 1. The van der Waals surface area contributed by atoms with Gasteiger partial charge in [0.25, 0.3) is 0 Å². The zero-order chi connectivity index (χ0) is 19.1. The minimum absolute atomic E-state index is 0.0440. The second-order valence-electron chi connectivity index (χ2n) is 6.56. The van der Waals surface area contributed by atoms with Crippen molar-refractivity contribution in [2.75, 3.05) is 19.7 Å². The zero-order valence-corrected chi connectivity index (χ0v) is 16.4. The number of halogens is 2. The summed E-state index contributed by atoms with van der Waals surface area (Å²) >= 11 is 12.0. The molecule has 0 spiro atoms. The lowest BCUT2D eigenvalue weighted by Gasteiger charge is -2.30. The Bertz CT molecular complexity index is 750. The normalized spacial score (nSPS) is 19.5. The van der Waals surface area contributed by atoms with Crippen LogP contribution in [0.1, 0.15) is 11.1 Å². The van der Waals surface area contributed by atoms with Gasteiger partial charge in [-0.1, -0.05) is 59.6 Å². The third-order valence-corrected chi connectivity index (χ3v) is 5.16. The fourth-order valence-electron chi connectivity index (χ4n) is 2.93. The Morgan fingerprint density at radius 2 is 1.89 bits per heavy atom. The Kier molecular flexibility index (Phi) is 7.35. The van der Waals surface area contributed by atoms with Crippen LogP contribution in [0, 0.1) is 0 Å². The number of carbonyl (C=O) groups excluding carboxylic acids is 1. The Hall–Kier alpha value is -1.79. The number of ether oxygens (including phenoxy) is 1. The van der Waals surface area contributed by atoms with E-state index in [9.17, 15) is 4.79 Å². The SMILES string of the molecule is O=C(NCc1ccccc1)NCC1CNC(Cc2ccc(Cl)c(Cl)c2)CO1. The second kappa shape index (κ2) is 9.95. The van der Waals surface area contributed by atoms with Gasteiger partial charge in [-0.05, 0) is 29.7 Å². The number of benzene rings is 2. The highest BCUT2D eigenvalue weighted by Gasteiger charge is 2.21. The van der Waals surface area contributed by atoms with Gasteiger partial charge in [-0.3, -0.25) is 0 Å². The van der Waals surface area contributed by atoms with Gasteiger partial charge in [-0.15, -0.1) is 0 Å². The molecule has 2 aromatic rings. The predicted octanol–water partition coefficient (Wildman–Crippen LogP) is 3.39. The first-order valence-corrected chi connectivity index (χ1v) is 9.70. The van der Waals surface area contributed by atoms with Crippen LogP contribution in [0.2, 0.25) is 10.0 Å². The van der Waals surface area contributed by atoms with E-state index >= 15 is 0 Å². The summed E-state index contributed by atoms with van der Waals surface area (Å²) in [5.41, 5.74) is 2.18. The highest BCUT2D eigenvalue weighted by molar-refractivity contribution is 6.42. The molecule has 1 fully saturated rings. The van der Waals surface area contributed by atoms with Crippen LogP contribution in [-0.4, -0.2) is 37.9 Å². The third kappa shape index (κ3) is 6.40. The van der Waals surface area contributed by atoms with Crippen molar-refractivity contribution in [3.8, 4) is 0 Å². The maximum Gasteiger partial charge on any atom is 0.315 e. The van der Waals surface area contributed by atoms with E-state index in [-0.39, 0.29) is 18.2 Å². The fourth-order valence-corrected chi connectivity index (χ4v) is 3.25. The van der Waals surface area contributed by atoms with Crippen LogP contribution in [0.25, 0.3) is 0 Å². The average molecular weight is 408 g/mol. The standard InChI is InChI=1S/C20H23Cl2N3O2/c21-18-7-6-15(9-19(18)22)8-16-13-27-17(11-23-16)12-25-20(26)24-10-14-4-2-1-3-5-14/h1-7,9,16-17,23H,8,10-13H2,(H2,24,25,26). The molecule has 0 bridgehead atoms. The average Bonchev–Trinajstić information content (AvgIpc) is 2.69. The maximum atomic E-state index is 11.9. The molecule has 0 aliphatic carbocycles. The maximum absolute atomic E-state index is 11.9. The summed E-state index contributed by atoms with van der Waals surface area (Å²) in [6.45, 7) is 2.23. The lowest BCUT2D eigenvalue weighted by atomic mass is 10.1. The Balaban J connectivity index is 1.34. The van der Waals surface area contributed by atoms with Crippen LogP contribution in [0.3, 0.4) is 0 Å². The van der Waals surface area contributed by atoms with Crippen molar-refractivity contribution in [3.63, 3.8) is 0 Å². The van der Waals surface area contributed by atoms with Crippen molar-refractivity contribution in [3.05, 3.63) is 69.7 Å². The lowest BCUT2D eigenvalue weighted by molar-refractivity contribution is 0.00665. The van der Waals surface area contributed by atoms with Gasteiger partial charge >= 0.3 is 6.03 Å². The van der Waals surface area contributed by atoms with Crippen LogP contribution >= 0.6 is 23.2 Å². The van der Waals surface area contributed by atoms with Gasteiger partial charge in [0.15, 0.2) is 0 Å². The summed E-state index contributed by atoms with van der Waals surface area (Å²) in [5.74, 6) is 0. The van der Waals surface area contributed by atoms with Gasteiger partial charge in [0.2, 0.25) is 0 Å². The monoisotopic (exact) mass is 407 g/mol. The first-order valence-electron chi connectivity index (χ1n) is 8.94. The summed E-state index contributed by atoms with van der Waals surface area (Å²) in [6.07, 6.45) is 0.770. The highest BCUT2D eigenvalue weighted by atomic mass is 35.5. The van der Waals surface area contributed by atoms with Crippen LogP contribution in [-0.2, 0) is 17.7 Å². The molecule has 1 aliphatic heterocycles. The first kappa shape index (κ1) is 20.0. The molecule has 7 heteroatoms. The molecule has 2 unspecified atom stereocenters. The van der Waals surface area contributed by atoms with E-state index in [0.717, 1.165) is 17.5 Å². The third-order valence-electron chi connectivity index (χ3n) is 4.42. The van der Waals surface area contributed by atoms with Gasteiger partial charge in [0.05, 0.1) is 22.8 Å². The first-order chi connectivity index (χ1) is 13.1. The van der Waals surface area contributed by atoms with Crippen molar-refractivity contribution >= 4 is 29.2 Å². The molecule has 0 saturated carbocycles. The molecule has 0 radical (unpaired) electrons. The van der Waals surface area contributed by atoms with Crippen molar-refractivity contribution in [2.45, 2.75) is 25.1 Å². The molecule has 3 rings (SSSR count). The van der Waals surface area contributed by atoms with Gasteiger partial charge in [-0.2, -0.15) is 0 Å². The van der Waals surface area contributed by atoms with E-state index in [2.05, 4.69) is 16.0 Å². The largest absolute Gasteiger partial charge is 0.373 e. The molecule has 1 heterocycles. The quantitative estimate of drug-likeness (QED) is 0.687. The Morgan fingerprint density at radius 1 is 1.07 bits per heavy atom. The highest BCUT2D eigenvalue weighted by Crippen LogP contribution is 2.23. The molecule has 0 aromatic heterocycles. The van der Waals surface area contributed by atoms with Crippen LogP contribution in [0.15, 0.2) is 48.5 Å².